The molecule has 4 N–H and O–H groups in total. The molecule has 0 unspecified atom stereocenters. The molecule has 8 nitrogen and oxygen atoms in total. The van der Waals surface area contributed by atoms with Gasteiger partial charge in [-0.25, -0.2) is 4.98 Å². The lowest BCUT2D eigenvalue weighted by Gasteiger charge is -2.29. The molecule has 1 saturated heterocycles. The summed E-state index contributed by atoms with van der Waals surface area (Å²) in [4.78, 5) is 38.3. The fourth-order valence-corrected chi connectivity index (χ4v) is 4.98. The number of hydrogen-bond donors (Lipinski definition) is 4. The van der Waals surface area contributed by atoms with E-state index in [-0.39, 0.29) is 11.5 Å². The molecular formula is C25H22N6O2S. The molecule has 1 aliphatic heterocycles. The number of nitrogens with zero attached hydrogens (tertiary/aromatic N) is 2. The lowest BCUT2D eigenvalue weighted by Crippen LogP contribution is -2.43. The van der Waals surface area contributed by atoms with Crippen LogP contribution in [-0.4, -0.2) is 47.0 Å². The summed E-state index contributed by atoms with van der Waals surface area (Å²) < 4.78 is 0. The Labute approximate surface area is 198 Å². The van der Waals surface area contributed by atoms with Crippen LogP contribution in [0.15, 0.2) is 64.1 Å². The van der Waals surface area contributed by atoms with Crippen LogP contribution in [0.25, 0.3) is 33.3 Å². The van der Waals surface area contributed by atoms with Crippen LogP contribution in [0.4, 0.5) is 11.4 Å². The molecule has 170 valence electrons. The minimum atomic E-state index is -0.250. The Kier molecular flexibility index (Phi) is 5.12. The van der Waals surface area contributed by atoms with Gasteiger partial charge in [0.2, 0.25) is 0 Å². The van der Waals surface area contributed by atoms with E-state index in [0.29, 0.717) is 17.0 Å². The number of piperazine rings is 1. The largest absolute Gasteiger partial charge is 0.369 e. The summed E-state index contributed by atoms with van der Waals surface area (Å²) in [6.45, 7) is 3.92. The molecule has 1 aliphatic rings. The summed E-state index contributed by atoms with van der Waals surface area (Å²) in [6.07, 6.45) is 0. The molecule has 0 aliphatic carbocycles. The van der Waals surface area contributed by atoms with Gasteiger partial charge in [0.25, 0.3) is 11.5 Å². The molecule has 1 amide bonds. The molecule has 3 aromatic heterocycles. The Bertz CT molecular complexity index is 1560. The molecular weight excluding hydrogens is 448 g/mol. The van der Waals surface area contributed by atoms with Gasteiger partial charge in [0, 0.05) is 64.8 Å². The predicted molar refractivity (Wildman–Crippen MR) is 137 cm³/mol. The summed E-state index contributed by atoms with van der Waals surface area (Å²) in [5.41, 5.74) is 5.46. The van der Waals surface area contributed by atoms with Gasteiger partial charge >= 0.3 is 0 Å². The van der Waals surface area contributed by atoms with Crippen molar-refractivity contribution < 1.29 is 4.79 Å². The minimum Gasteiger partial charge on any atom is -0.369 e. The molecule has 34 heavy (non-hydrogen) atoms. The number of hydrogen-bond acceptors (Lipinski definition) is 6. The Morgan fingerprint density at radius 3 is 2.62 bits per heavy atom. The van der Waals surface area contributed by atoms with Gasteiger partial charge in [-0.05, 0) is 48.5 Å². The number of fused-ring (bicyclic) bond motifs is 2. The molecule has 0 bridgehead atoms. The number of aromatic amines is 2. The van der Waals surface area contributed by atoms with Crippen LogP contribution in [0.1, 0.15) is 10.4 Å². The molecule has 0 radical (unpaired) electrons. The molecule has 0 spiro atoms. The number of rotatable bonds is 4. The monoisotopic (exact) mass is 470 g/mol. The molecule has 2 aromatic carbocycles. The zero-order valence-corrected chi connectivity index (χ0v) is 19.0. The van der Waals surface area contributed by atoms with E-state index in [2.05, 4.69) is 30.5 Å². The second kappa shape index (κ2) is 8.44. The molecule has 0 saturated carbocycles. The van der Waals surface area contributed by atoms with E-state index in [9.17, 15) is 9.59 Å². The van der Waals surface area contributed by atoms with Crippen molar-refractivity contribution in [2.75, 3.05) is 36.4 Å². The van der Waals surface area contributed by atoms with Gasteiger partial charge in [-0.15, -0.1) is 11.3 Å². The van der Waals surface area contributed by atoms with E-state index in [1.165, 1.54) is 11.3 Å². The van der Waals surface area contributed by atoms with Gasteiger partial charge < -0.3 is 25.5 Å². The highest BCUT2D eigenvalue weighted by molar-refractivity contribution is 7.09. The maximum atomic E-state index is 12.9. The van der Waals surface area contributed by atoms with Gasteiger partial charge in [-0.1, -0.05) is 0 Å². The van der Waals surface area contributed by atoms with Crippen molar-refractivity contribution in [3.8, 4) is 11.4 Å². The Balaban J connectivity index is 1.23. The van der Waals surface area contributed by atoms with Gasteiger partial charge in [-0.2, -0.15) is 0 Å². The third-order valence-corrected chi connectivity index (χ3v) is 6.81. The van der Waals surface area contributed by atoms with E-state index < -0.39 is 0 Å². The van der Waals surface area contributed by atoms with Gasteiger partial charge in [0.15, 0.2) is 5.69 Å². The van der Waals surface area contributed by atoms with Crippen molar-refractivity contribution in [3.63, 3.8) is 0 Å². The van der Waals surface area contributed by atoms with Crippen LogP contribution in [0.3, 0.4) is 0 Å². The molecule has 5 aromatic rings. The fraction of sp³-hybridized carbons (Fsp3) is 0.160. The number of carbonyl (C=O) groups is 1. The smallest absolute Gasteiger partial charge is 0.276 e. The lowest BCUT2D eigenvalue weighted by molar-refractivity contribution is 0.102. The maximum absolute atomic E-state index is 12.9. The first-order valence-electron chi connectivity index (χ1n) is 11.1. The normalized spacial score (nSPS) is 14.1. The van der Waals surface area contributed by atoms with E-state index in [1.54, 1.807) is 6.07 Å². The SMILES string of the molecule is O=C(Nc1ccc(N2CCNCC2)cc1)c1ccc2[nH]c(-c3nc4cscc4[nH]c3=O)cc2c1. The van der Waals surface area contributed by atoms with Crippen molar-refractivity contribution in [1.29, 1.82) is 0 Å². The van der Waals surface area contributed by atoms with Crippen LogP contribution < -0.4 is 21.1 Å². The van der Waals surface area contributed by atoms with Crippen molar-refractivity contribution in [2.45, 2.75) is 0 Å². The highest BCUT2D eigenvalue weighted by Crippen LogP contribution is 2.25. The summed E-state index contributed by atoms with van der Waals surface area (Å²) in [7, 11) is 0. The second-order valence-corrected chi connectivity index (χ2v) is 9.05. The molecule has 9 heteroatoms. The zero-order chi connectivity index (χ0) is 23.1. The van der Waals surface area contributed by atoms with Crippen LogP contribution >= 0.6 is 11.3 Å². The van der Waals surface area contributed by atoms with Gasteiger partial charge in [0.1, 0.15) is 0 Å². The second-order valence-electron chi connectivity index (χ2n) is 8.31. The van der Waals surface area contributed by atoms with E-state index >= 15 is 0 Å². The average Bonchev–Trinajstić information content (AvgIpc) is 3.50. The standard InChI is InChI=1S/C25H22N6O2S/c32-24(27-17-2-4-18(5-3-17)31-9-7-26-8-10-31)15-1-6-19-16(11-15)12-20(28-19)23-25(33)30-22-14-34-13-21(22)29-23/h1-6,11-14,26,28H,7-10H2,(H,27,32)(H,30,33). The summed E-state index contributed by atoms with van der Waals surface area (Å²) in [5.74, 6) is -0.185. The quantitative estimate of drug-likeness (QED) is 0.320. The Morgan fingerprint density at radius 1 is 0.971 bits per heavy atom. The fourth-order valence-electron chi connectivity index (χ4n) is 4.29. The number of anilines is 2. The molecule has 6 rings (SSSR count). The van der Waals surface area contributed by atoms with E-state index in [0.717, 1.165) is 59.5 Å². The van der Waals surface area contributed by atoms with Crippen LogP contribution in [0.2, 0.25) is 0 Å². The van der Waals surface area contributed by atoms with E-state index in [4.69, 9.17) is 0 Å². The third-order valence-electron chi connectivity index (χ3n) is 6.08. The topological polar surface area (TPSA) is 106 Å². The summed E-state index contributed by atoms with van der Waals surface area (Å²) in [5, 5.41) is 10.9. The van der Waals surface area contributed by atoms with Crippen molar-refractivity contribution in [1.82, 2.24) is 20.3 Å². The first-order valence-corrected chi connectivity index (χ1v) is 12.0. The Hall–Kier alpha value is -3.95. The number of amides is 1. The number of carbonyl (C=O) groups excluding carboxylic acids is 1. The highest BCUT2D eigenvalue weighted by Gasteiger charge is 2.14. The van der Waals surface area contributed by atoms with Crippen LogP contribution in [-0.2, 0) is 0 Å². The zero-order valence-electron chi connectivity index (χ0n) is 18.2. The first kappa shape index (κ1) is 20.6. The molecule has 1 fully saturated rings. The summed E-state index contributed by atoms with van der Waals surface area (Å²) >= 11 is 1.49. The van der Waals surface area contributed by atoms with Crippen molar-refractivity contribution >= 4 is 50.6 Å². The van der Waals surface area contributed by atoms with Crippen molar-refractivity contribution in [3.05, 3.63) is 75.2 Å². The van der Waals surface area contributed by atoms with Gasteiger partial charge in [-0.3, -0.25) is 9.59 Å². The highest BCUT2D eigenvalue weighted by atomic mass is 32.1. The maximum Gasteiger partial charge on any atom is 0.276 e. The minimum absolute atomic E-state index is 0.185. The number of aromatic nitrogens is 3. The van der Waals surface area contributed by atoms with Crippen LogP contribution in [0, 0.1) is 0 Å². The molecule has 4 heterocycles. The molecule has 0 atom stereocenters. The first-order chi connectivity index (χ1) is 16.6. The average molecular weight is 471 g/mol. The lowest BCUT2D eigenvalue weighted by atomic mass is 10.1. The van der Waals surface area contributed by atoms with Gasteiger partial charge in [0.05, 0.1) is 16.7 Å². The number of benzene rings is 2. The number of H-pyrrole nitrogens is 2. The number of nitrogens with one attached hydrogen (secondary N) is 4. The van der Waals surface area contributed by atoms with E-state index in [1.807, 2.05) is 53.2 Å². The Morgan fingerprint density at radius 2 is 1.79 bits per heavy atom. The van der Waals surface area contributed by atoms with Crippen molar-refractivity contribution in [2.24, 2.45) is 0 Å². The third kappa shape index (κ3) is 3.85. The predicted octanol–water partition coefficient (Wildman–Crippen LogP) is 3.79. The number of thiophene rings is 1. The summed E-state index contributed by atoms with van der Waals surface area (Å²) in [6, 6.07) is 15.2. The van der Waals surface area contributed by atoms with Crippen LogP contribution in [0.5, 0.6) is 0 Å².